The van der Waals surface area contributed by atoms with Gasteiger partial charge in [0.2, 0.25) is 5.91 Å². The molecule has 0 aliphatic heterocycles. The molecule has 21 heavy (non-hydrogen) atoms. The monoisotopic (exact) mass is 349 g/mol. The number of carbonyl (C=O) groups excluding carboxylic acids is 1. The minimum Gasteiger partial charge on any atom is -0.338 e. The van der Waals surface area contributed by atoms with Gasteiger partial charge >= 0.3 is 0 Å². The number of amides is 1. The number of carbonyl (C=O) groups is 1. The van der Waals surface area contributed by atoms with Gasteiger partial charge in [0.15, 0.2) is 0 Å². The van der Waals surface area contributed by atoms with E-state index >= 15 is 0 Å². The van der Waals surface area contributed by atoms with Gasteiger partial charge in [-0.2, -0.15) is 0 Å². The Balaban J connectivity index is 0.00000200. The van der Waals surface area contributed by atoms with Gasteiger partial charge in [-0.25, -0.2) is 4.98 Å². The number of likely N-dealkylation sites (N-methyl/N-ethyl adjacent to an activating group) is 1. The molecule has 2 rings (SSSR count). The average molecular weight is 350 g/mol. The summed E-state index contributed by atoms with van der Waals surface area (Å²) in [6.07, 6.45) is 0. The molecule has 4 nitrogen and oxygen atoms in total. The summed E-state index contributed by atoms with van der Waals surface area (Å²) in [7, 11) is 1.77. The van der Waals surface area contributed by atoms with Crippen molar-refractivity contribution in [1.29, 1.82) is 0 Å². The molecule has 2 aromatic rings. The van der Waals surface area contributed by atoms with Gasteiger partial charge in [-0.1, -0.05) is 26.0 Å². The minimum atomic E-state index is -0.445. The highest BCUT2D eigenvalue weighted by Crippen LogP contribution is 2.22. The standard InChI is InChI=1S/C14H19N3OS.2ClH/c1-9(2)13(15)14(18)17(3)8-12-16-10-6-4-5-7-11(10)19-12;;/h4-7,9,13H,8,15H2,1-3H3;2*1H/t13-;;/m1../s1. The number of rotatable bonds is 4. The molecule has 1 amide bonds. The fraction of sp³-hybridized carbons (Fsp3) is 0.429. The molecular weight excluding hydrogens is 329 g/mol. The lowest BCUT2D eigenvalue weighted by atomic mass is 10.0. The fourth-order valence-corrected chi connectivity index (χ4v) is 2.83. The second-order valence-electron chi connectivity index (χ2n) is 5.04. The Morgan fingerprint density at radius 2 is 1.95 bits per heavy atom. The van der Waals surface area contributed by atoms with Gasteiger partial charge in [0, 0.05) is 7.05 Å². The second kappa shape index (κ2) is 8.54. The van der Waals surface area contributed by atoms with Crippen LogP contribution in [-0.2, 0) is 11.3 Å². The predicted molar refractivity (Wildman–Crippen MR) is 93.4 cm³/mol. The zero-order valence-corrected chi connectivity index (χ0v) is 14.7. The predicted octanol–water partition coefficient (Wildman–Crippen LogP) is 3.08. The van der Waals surface area contributed by atoms with Gasteiger partial charge in [-0.3, -0.25) is 4.79 Å². The van der Waals surface area contributed by atoms with Crippen molar-refractivity contribution in [1.82, 2.24) is 9.88 Å². The third-order valence-corrected chi connectivity index (χ3v) is 4.11. The van der Waals surface area contributed by atoms with Crippen LogP contribution in [0.1, 0.15) is 18.9 Å². The maximum absolute atomic E-state index is 12.1. The molecule has 0 radical (unpaired) electrons. The Bertz CT molecular complexity index is 555. The number of aromatic nitrogens is 1. The van der Waals surface area contributed by atoms with Crippen LogP contribution in [-0.4, -0.2) is 28.9 Å². The molecule has 0 saturated heterocycles. The number of benzene rings is 1. The summed E-state index contributed by atoms with van der Waals surface area (Å²) in [5.41, 5.74) is 6.86. The first-order valence-electron chi connectivity index (χ1n) is 6.34. The van der Waals surface area contributed by atoms with Crippen LogP contribution in [0.3, 0.4) is 0 Å². The molecule has 0 fully saturated rings. The van der Waals surface area contributed by atoms with E-state index in [2.05, 4.69) is 4.98 Å². The van der Waals surface area contributed by atoms with Crippen LogP contribution >= 0.6 is 36.2 Å². The second-order valence-corrected chi connectivity index (χ2v) is 6.15. The summed E-state index contributed by atoms with van der Waals surface area (Å²) < 4.78 is 1.14. The number of thiazole rings is 1. The summed E-state index contributed by atoms with van der Waals surface area (Å²) in [5, 5.41) is 0.938. The summed E-state index contributed by atoms with van der Waals surface area (Å²) in [6.45, 7) is 4.42. The van der Waals surface area contributed by atoms with Gasteiger partial charge in [-0.15, -0.1) is 36.2 Å². The Labute approximate surface area is 141 Å². The summed E-state index contributed by atoms with van der Waals surface area (Å²) in [6, 6.07) is 7.54. The maximum atomic E-state index is 12.1. The van der Waals surface area contributed by atoms with Crippen LogP contribution in [0.15, 0.2) is 24.3 Å². The Kier molecular flexibility index (Phi) is 8.18. The Morgan fingerprint density at radius 1 is 1.33 bits per heavy atom. The smallest absolute Gasteiger partial charge is 0.239 e. The Hall–Kier alpha value is -0.880. The van der Waals surface area contributed by atoms with Crippen LogP contribution < -0.4 is 5.73 Å². The lowest BCUT2D eigenvalue weighted by Crippen LogP contribution is -2.44. The summed E-state index contributed by atoms with van der Waals surface area (Å²) in [4.78, 5) is 18.3. The minimum absolute atomic E-state index is 0. The third-order valence-electron chi connectivity index (χ3n) is 3.09. The molecular formula is C14H21Cl2N3OS. The van der Waals surface area contributed by atoms with Gasteiger partial charge in [0.05, 0.1) is 22.8 Å². The van der Waals surface area contributed by atoms with Gasteiger partial charge in [-0.05, 0) is 18.1 Å². The van der Waals surface area contributed by atoms with Crippen molar-refractivity contribution in [3.8, 4) is 0 Å². The molecule has 1 aromatic heterocycles. The topological polar surface area (TPSA) is 59.2 Å². The number of fused-ring (bicyclic) bond motifs is 1. The number of hydrogen-bond acceptors (Lipinski definition) is 4. The average Bonchev–Trinajstić information content (AvgIpc) is 2.78. The van der Waals surface area contributed by atoms with Crippen molar-refractivity contribution in [2.45, 2.75) is 26.4 Å². The van der Waals surface area contributed by atoms with Crippen molar-refractivity contribution in [3.05, 3.63) is 29.3 Å². The normalized spacial score (nSPS) is 11.7. The fourth-order valence-electron chi connectivity index (χ4n) is 1.81. The van der Waals surface area contributed by atoms with Crippen molar-refractivity contribution in [2.24, 2.45) is 11.7 Å². The first kappa shape index (κ1) is 20.1. The van der Waals surface area contributed by atoms with Crippen molar-refractivity contribution >= 4 is 52.3 Å². The van der Waals surface area contributed by atoms with Crippen LogP contribution in [0, 0.1) is 5.92 Å². The Morgan fingerprint density at radius 3 is 2.52 bits per heavy atom. The lowest BCUT2D eigenvalue weighted by molar-refractivity contribution is -0.132. The molecule has 2 N–H and O–H groups in total. The van der Waals surface area contributed by atoms with Gasteiger partial charge in [0.25, 0.3) is 0 Å². The van der Waals surface area contributed by atoms with Crippen molar-refractivity contribution < 1.29 is 4.79 Å². The third kappa shape index (κ3) is 4.81. The highest BCUT2D eigenvalue weighted by atomic mass is 35.5. The van der Waals surface area contributed by atoms with Crippen molar-refractivity contribution in [2.75, 3.05) is 7.05 Å². The zero-order chi connectivity index (χ0) is 14.0. The van der Waals surface area contributed by atoms with Gasteiger partial charge < -0.3 is 10.6 Å². The first-order valence-corrected chi connectivity index (χ1v) is 7.15. The lowest BCUT2D eigenvalue weighted by Gasteiger charge is -2.22. The summed E-state index contributed by atoms with van der Waals surface area (Å²) >= 11 is 1.62. The molecule has 1 heterocycles. The zero-order valence-electron chi connectivity index (χ0n) is 12.3. The first-order chi connectivity index (χ1) is 8.99. The number of halogens is 2. The molecule has 0 aliphatic rings. The van der Waals surface area contributed by atoms with Crippen molar-refractivity contribution in [3.63, 3.8) is 0 Å². The molecule has 0 spiro atoms. The molecule has 1 atom stereocenters. The molecule has 0 bridgehead atoms. The quantitative estimate of drug-likeness (QED) is 0.922. The molecule has 118 valence electrons. The van der Waals surface area contributed by atoms with E-state index in [1.54, 1.807) is 23.3 Å². The van der Waals surface area contributed by atoms with E-state index in [1.165, 1.54) is 0 Å². The molecule has 0 aliphatic carbocycles. The van der Waals surface area contributed by atoms with E-state index in [0.29, 0.717) is 6.54 Å². The number of nitrogens with two attached hydrogens (primary N) is 1. The molecule has 0 saturated carbocycles. The highest BCUT2D eigenvalue weighted by Gasteiger charge is 2.21. The highest BCUT2D eigenvalue weighted by molar-refractivity contribution is 7.18. The van der Waals surface area contributed by atoms with E-state index in [9.17, 15) is 4.79 Å². The largest absolute Gasteiger partial charge is 0.338 e. The number of para-hydroxylation sites is 1. The number of hydrogen-bond donors (Lipinski definition) is 1. The van der Waals surface area contributed by atoms with Crippen LogP contribution in [0.5, 0.6) is 0 Å². The van der Waals surface area contributed by atoms with E-state index < -0.39 is 6.04 Å². The molecule has 1 aromatic carbocycles. The maximum Gasteiger partial charge on any atom is 0.239 e. The van der Waals surface area contributed by atoms with E-state index in [-0.39, 0.29) is 36.6 Å². The van der Waals surface area contributed by atoms with Gasteiger partial charge in [0.1, 0.15) is 5.01 Å². The summed E-state index contributed by atoms with van der Waals surface area (Å²) in [5.74, 6) is 0.111. The van der Waals surface area contributed by atoms with E-state index in [4.69, 9.17) is 5.73 Å². The van der Waals surface area contributed by atoms with E-state index in [1.807, 2.05) is 38.1 Å². The number of nitrogens with zero attached hydrogens (tertiary/aromatic N) is 2. The SMILES string of the molecule is CC(C)[C@@H](N)C(=O)N(C)Cc1nc2ccccc2s1.Cl.Cl. The molecule has 7 heteroatoms. The van der Waals surface area contributed by atoms with Crippen LogP contribution in [0.25, 0.3) is 10.2 Å². The van der Waals surface area contributed by atoms with E-state index in [0.717, 1.165) is 15.2 Å². The van der Waals surface area contributed by atoms with Crippen LogP contribution in [0.2, 0.25) is 0 Å². The molecule has 0 unspecified atom stereocenters. The van der Waals surface area contributed by atoms with Crippen LogP contribution in [0.4, 0.5) is 0 Å².